The maximum atomic E-state index is 11.6. The Morgan fingerprint density at radius 2 is 1.12 bits per heavy atom. The Balaban J connectivity index is 1.30. The highest BCUT2D eigenvalue weighted by molar-refractivity contribution is 5.69. The fourth-order valence-corrected chi connectivity index (χ4v) is 3.04. The maximum Gasteiger partial charge on any atom is 0.305 e. The Morgan fingerprint density at radius 1 is 0.692 bits per heavy atom. The average Bonchev–Trinajstić information content (AvgIpc) is 3.53. The van der Waals surface area contributed by atoms with Crippen molar-refractivity contribution in [2.75, 3.05) is 13.2 Å². The average molecular weight is 365 g/mol. The fourth-order valence-electron chi connectivity index (χ4n) is 3.04. The zero-order valence-corrected chi connectivity index (χ0v) is 16.3. The SMILES string of the molecule is O=C(CCC/C=C/CCCC(=O)OCCCC1CC1)OCCCC1CC1. The molecule has 0 aromatic carbocycles. The minimum absolute atomic E-state index is 0.0707. The van der Waals surface area contributed by atoms with Crippen molar-refractivity contribution in [2.45, 2.75) is 89.9 Å². The van der Waals surface area contributed by atoms with Crippen LogP contribution in [0.25, 0.3) is 0 Å². The van der Waals surface area contributed by atoms with Crippen LogP contribution in [0.3, 0.4) is 0 Å². The van der Waals surface area contributed by atoms with Gasteiger partial charge in [-0.1, -0.05) is 37.8 Å². The van der Waals surface area contributed by atoms with E-state index in [0.29, 0.717) is 26.1 Å². The predicted molar refractivity (Wildman–Crippen MR) is 103 cm³/mol. The highest BCUT2D eigenvalue weighted by atomic mass is 16.5. The van der Waals surface area contributed by atoms with Crippen LogP contribution in [0.5, 0.6) is 0 Å². The molecule has 26 heavy (non-hydrogen) atoms. The molecule has 0 amide bonds. The van der Waals surface area contributed by atoms with Gasteiger partial charge in [0.05, 0.1) is 13.2 Å². The first kappa shape index (κ1) is 21.0. The number of carbonyl (C=O) groups is 2. The summed E-state index contributed by atoms with van der Waals surface area (Å²) in [5, 5.41) is 0. The number of allylic oxidation sites excluding steroid dienone is 2. The molecule has 0 saturated heterocycles. The topological polar surface area (TPSA) is 52.6 Å². The van der Waals surface area contributed by atoms with Crippen molar-refractivity contribution in [1.29, 1.82) is 0 Å². The summed E-state index contributed by atoms with van der Waals surface area (Å²) in [6.45, 7) is 1.17. The molecule has 2 fully saturated rings. The summed E-state index contributed by atoms with van der Waals surface area (Å²) in [6.07, 6.45) is 18.6. The molecule has 0 spiro atoms. The highest BCUT2D eigenvalue weighted by Crippen LogP contribution is 2.33. The van der Waals surface area contributed by atoms with Gasteiger partial charge >= 0.3 is 11.9 Å². The number of hydrogen-bond acceptors (Lipinski definition) is 4. The number of rotatable bonds is 16. The molecule has 0 aromatic rings. The molecule has 0 bridgehead atoms. The monoisotopic (exact) mass is 364 g/mol. The number of esters is 2. The van der Waals surface area contributed by atoms with E-state index in [-0.39, 0.29) is 11.9 Å². The number of carbonyl (C=O) groups excluding carboxylic acids is 2. The van der Waals surface area contributed by atoms with Gasteiger partial charge in [0.15, 0.2) is 0 Å². The second-order valence-electron chi connectivity index (χ2n) is 7.87. The normalized spacial score (nSPS) is 16.8. The smallest absolute Gasteiger partial charge is 0.305 e. The lowest BCUT2D eigenvalue weighted by molar-refractivity contribution is -0.144. The third kappa shape index (κ3) is 12.1. The van der Waals surface area contributed by atoms with Gasteiger partial charge in [-0.3, -0.25) is 9.59 Å². The lowest BCUT2D eigenvalue weighted by atomic mass is 10.2. The lowest BCUT2D eigenvalue weighted by Crippen LogP contribution is -2.05. The van der Waals surface area contributed by atoms with Gasteiger partial charge in [0, 0.05) is 12.8 Å². The van der Waals surface area contributed by atoms with E-state index in [1.807, 2.05) is 0 Å². The van der Waals surface area contributed by atoms with Crippen LogP contribution in [0.1, 0.15) is 89.9 Å². The Morgan fingerprint density at radius 3 is 1.50 bits per heavy atom. The first-order chi connectivity index (χ1) is 12.7. The van der Waals surface area contributed by atoms with Crippen LogP contribution < -0.4 is 0 Å². The molecule has 2 aliphatic rings. The molecule has 0 unspecified atom stereocenters. The molecule has 0 aliphatic heterocycles. The summed E-state index contributed by atoms with van der Waals surface area (Å²) in [4.78, 5) is 23.1. The molecule has 0 aromatic heterocycles. The summed E-state index contributed by atoms with van der Waals surface area (Å²) in [5.74, 6) is 1.68. The second-order valence-corrected chi connectivity index (χ2v) is 7.87. The van der Waals surface area contributed by atoms with Crippen LogP contribution in [0.2, 0.25) is 0 Å². The van der Waals surface area contributed by atoms with E-state index in [4.69, 9.17) is 9.47 Å². The molecule has 148 valence electrons. The molecule has 2 aliphatic carbocycles. The zero-order chi connectivity index (χ0) is 18.5. The van der Waals surface area contributed by atoms with Gasteiger partial charge in [0.2, 0.25) is 0 Å². The van der Waals surface area contributed by atoms with Crippen molar-refractivity contribution >= 4 is 11.9 Å². The molecular formula is C22H36O4. The lowest BCUT2D eigenvalue weighted by Gasteiger charge is -2.04. The van der Waals surface area contributed by atoms with E-state index in [1.54, 1.807) is 0 Å². The van der Waals surface area contributed by atoms with Crippen LogP contribution >= 0.6 is 0 Å². The molecule has 0 radical (unpaired) electrons. The number of hydrogen-bond donors (Lipinski definition) is 0. The van der Waals surface area contributed by atoms with Crippen molar-refractivity contribution in [1.82, 2.24) is 0 Å². The Hall–Kier alpha value is -1.32. The molecule has 4 nitrogen and oxygen atoms in total. The van der Waals surface area contributed by atoms with Crippen LogP contribution in [0, 0.1) is 11.8 Å². The quantitative estimate of drug-likeness (QED) is 0.210. The van der Waals surface area contributed by atoms with Gasteiger partial charge in [-0.15, -0.1) is 0 Å². The van der Waals surface area contributed by atoms with E-state index in [1.165, 1.54) is 38.5 Å². The summed E-state index contributed by atoms with van der Waals surface area (Å²) >= 11 is 0. The standard InChI is InChI=1S/C22H36O4/c23-21(25-17-7-9-19-13-14-19)11-5-3-1-2-4-6-12-22(24)26-18-8-10-20-15-16-20/h1-2,19-20H,3-18H2/b2-1+. The van der Waals surface area contributed by atoms with E-state index < -0.39 is 0 Å². The third-order valence-electron chi connectivity index (χ3n) is 5.10. The Kier molecular flexibility index (Phi) is 10.4. The summed E-state index contributed by atoms with van der Waals surface area (Å²) < 4.78 is 10.5. The van der Waals surface area contributed by atoms with Crippen LogP contribution in [0.4, 0.5) is 0 Å². The first-order valence-corrected chi connectivity index (χ1v) is 10.7. The molecular weight excluding hydrogens is 328 g/mol. The van der Waals surface area contributed by atoms with Gasteiger partial charge in [-0.05, 0) is 63.2 Å². The molecule has 0 atom stereocenters. The Labute approximate surface area is 158 Å². The van der Waals surface area contributed by atoms with Crippen molar-refractivity contribution in [3.05, 3.63) is 12.2 Å². The van der Waals surface area contributed by atoms with Crippen molar-refractivity contribution in [3.63, 3.8) is 0 Å². The first-order valence-electron chi connectivity index (χ1n) is 10.7. The van der Waals surface area contributed by atoms with Gasteiger partial charge in [0.25, 0.3) is 0 Å². The molecule has 2 saturated carbocycles. The number of unbranched alkanes of at least 4 members (excludes halogenated alkanes) is 2. The summed E-state index contributed by atoms with van der Waals surface area (Å²) in [7, 11) is 0. The highest BCUT2D eigenvalue weighted by Gasteiger charge is 2.20. The van der Waals surface area contributed by atoms with Gasteiger partial charge < -0.3 is 9.47 Å². The van der Waals surface area contributed by atoms with Crippen molar-refractivity contribution < 1.29 is 19.1 Å². The van der Waals surface area contributed by atoms with E-state index >= 15 is 0 Å². The molecule has 4 heteroatoms. The molecule has 0 N–H and O–H groups in total. The zero-order valence-electron chi connectivity index (χ0n) is 16.3. The summed E-state index contributed by atoms with van der Waals surface area (Å²) in [5.41, 5.74) is 0. The second kappa shape index (κ2) is 12.9. The molecule has 0 heterocycles. The van der Waals surface area contributed by atoms with Crippen molar-refractivity contribution in [2.24, 2.45) is 11.8 Å². The Bertz CT molecular complexity index is 395. The van der Waals surface area contributed by atoms with Crippen molar-refractivity contribution in [3.8, 4) is 0 Å². The van der Waals surface area contributed by atoms with E-state index in [2.05, 4.69) is 12.2 Å². The van der Waals surface area contributed by atoms with Gasteiger partial charge in [0.1, 0.15) is 0 Å². The fraction of sp³-hybridized carbons (Fsp3) is 0.818. The minimum atomic E-state index is -0.0707. The largest absolute Gasteiger partial charge is 0.466 e. The summed E-state index contributed by atoms with van der Waals surface area (Å²) in [6, 6.07) is 0. The number of ether oxygens (including phenoxy) is 2. The van der Waals surface area contributed by atoms with Crippen LogP contribution in [-0.2, 0) is 19.1 Å². The predicted octanol–water partition coefficient (Wildman–Crippen LogP) is 5.35. The van der Waals surface area contributed by atoms with E-state index in [0.717, 1.165) is 50.4 Å². The maximum absolute atomic E-state index is 11.6. The minimum Gasteiger partial charge on any atom is -0.466 e. The van der Waals surface area contributed by atoms with Crippen LogP contribution in [-0.4, -0.2) is 25.2 Å². The molecule has 2 rings (SSSR count). The van der Waals surface area contributed by atoms with Gasteiger partial charge in [-0.25, -0.2) is 0 Å². The van der Waals surface area contributed by atoms with Gasteiger partial charge in [-0.2, -0.15) is 0 Å². The third-order valence-corrected chi connectivity index (χ3v) is 5.10. The van der Waals surface area contributed by atoms with E-state index in [9.17, 15) is 9.59 Å². The van der Waals surface area contributed by atoms with Crippen LogP contribution in [0.15, 0.2) is 12.2 Å².